The number of carbonyl (C=O) groups is 3. The van der Waals surface area contributed by atoms with Crippen molar-refractivity contribution < 1.29 is 33.7 Å². The lowest BCUT2D eigenvalue weighted by Crippen LogP contribution is -2.33. The van der Waals surface area contributed by atoms with Crippen LogP contribution in [0.15, 0.2) is 0 Å². The summed E-state index contributed by atoms with van der Waals surface area (Å²) in [6.07, 6.45) is 7.58. The van der Waals surface area contributed by atoms with Crippen LogP contribution in [0.4, 0.5) is 0 Å². The van der Waals surface area contributed by atoms with Gasteiger partial charge in [-0.3, -0.25) is 14.4 Å². The van der Waals surface area contributed by atoms with Gasteiger partial charge in [-0.15, -0.1) is 0 Å². The van der Waals surface area contributed by atoms with Crippen molar-refractivity contribution in [3.63, 3.8) is 0 Å². The van der Waals surface area contributed by atoms with Crippen molar-refractivity contribution in [2.24, 2.45) is 11.8 Å². The van der Waals surface area contributed by atoms with E-state index in [0.717, 1.165) is 51.4 Å². The number of aliphatic hydroxyl groups excluding tert-OH is 1. The monoisotopic (exact) mass is 402 g/mol. The predicted molar refractivity (Wildman–Crippen MR) is 106 cm³/mol. The van der Waals surface area contributed by atoms with Crippen LogP contribution < -0.4 is 0 Å². The van der Waals surface area contributed by atoms with E-state index in [2.05, 4.69) is 13.8 Å². The minimum atomic E-state index is -0.988. The molecule has 2 atom stereocenters. The van der Waals surface area contributed by atoms with Gasteiger partial charge in [0.1, 0.15) is 6.61 Å². The summed E-state index contributed by atoms with van der Waals surface area (Å²) in [5.74, 6) is -3.58. The molecule has 0 saturated carbocycles. The lowest BCUT2D eigenvalue weighted by Gasteiger charge is -2.20. The third-order valence-electron chi connectivity index (χ3n) is 4.50. The fourth-order valence-corrected chi connectivity index (χ4v) is 2.67. The summed E-state index contributed by atoms with van der Waals surface area (Å²) in [6.45, 7) is 5.83. The van der Waals surface area contributed by atoms with Crippen molar-refractivity contribution in [3.8, 4) is 0 Å². The highest BCUT2D eigenvalue weighted by Crippen LogP contribution is 2.21. The average Bonchev–Trinajstić information content (AvgIpc) is 2.69. The second kappa shape index (κ2) is 17.5. The van der Waals surface area contributed by atoms with Crippen LogP contribution in [0.2, 0.25) is 0 Å². The number of carbonyl (C=O) groups excluding carboxylic acids is 3. The van der Waals surface area contributed by atoms with Crippen molar-refractivity contribution in [2.45, 2.75) is 78.6 Å². The Labute approximate surface area is 169 Å². The second-order valence-electron chi connectivity index (χ2n) is 7.00. The van der Waals surface area contributed by atoms with Gasteiger partial charge in [-0.1, -0.05) is 59.3 Å². The van der Waals surface area contributed by atoms with Crippen molar-refractivity contribution in [1.82, 2.24) is 0 Å². The summed E-state index contributed by atoms with van der Waals surface area (Å²) >= 11 is 0. The minimum Gasteiger partial charge on any atom is -0.466 e. The van der Waals surface area contributed by atoms with Crippen LogP contribution >= 0.6 is 0 Å². The van der Waals surface area contributed by atoms with Crippen LogP contribution in [-0.2, 0) is 28.6 Å². The molecule has 0 fully saturated rings. The molecule has 0 saturated heterocycles. The molecule has 0 aromatic rings. The van der Waals surface area contributed by atoms with E-state index in [-0.39, 0.29) is 19.6 Å². The first-order valence-electron chi connectivity index (χ1n) is 10.6. The third-order valence-corrected chi connectivity index (χ3v) is 4.50. The van der Waals surface area contributed by atoms with Gasteiger partial charge in [-0.25, -0.2) is 0 Å². The zero-order valence-corrected chi connectivity index (χ0v) is 17.7. The van der Waals surface area contributed by atoms with Crippen LogP contribution in [0.5, 0.6) is 0 Å². The Bertz CT molecular complexity index is 436. The highest BCUT2D eigenvalue weighted by atomic mass is 16.5. The zero-order chi connectivity index (χ0) is 21.2. The van der Waals surface area contributed by atoms with E-state index < -0.39 is 29.7 Å². The Morgan fingerprint density at radius 2 is 1.29 bits per heavy atom. The highest BCUT2D eigenvalue weighted by Gasteiger charge is 2.35. The molecule has 0 radical (unpaired) electrons. The van der Waals surface area contributed by atoms with E-state index in [1.807, 2.05) is 0 Å². The summed E-state index contributed by atoms with van der Waals surface area (Å²) in [5, 5.41) is 8.84. The molecule has 0 aliphatic carbocycles. The van der Waals surface area contributed by atoms with E-state index in [1.54, 1.807) is 6.92 Å². The van der Waals surface area contributed by atoms with Gasteiger partial charge in [0.2, 0.25) is 0 Å². The van der Waals surface area contributed by atoms with Gasteiger partial charge in [-0.05, 0) is 12.8 Å². The largest absolute Gasteiger partial charge is 0.466 e. The standard InChI is InChI=1S/C21H38O7/c1-4-6-8-10-13-26-19(23)16-18(21(25)28-15-12-22)17(3)20(24)27-14-11-9-7-5-2/h17-18,22H,4-16H2,1-3H3. The summed E-state index contributed by atoms with van der Waals surface area (Å²) < 4.78 is 15.4. The summed E-state index contributed by atoms with van der Waals surface area (Å²) in [5.41, 5.74) is 0. The molecule has 0 aromatic carbocycles. The molecule has 0 bridgehead atoms. The molecule has 28 heavy (non-hydrogen) atoms. The minimum absolute atomic E-state index is 0.180. The first kappa shape index (κ1) is 26.4. The van der Waals surface area contributed by atoms with E-state index in [4.69, 9.17) is 19.3 Å². The topological polar surface area (TPSA) is 99.1 Å². The van der Waals surface area contributed by atoms with Crippen molar-refractivity contribution >= 4 is 17.9 Å². The molecule has 0 heterocycles. The van der Waals surface area contributed by atoms with Gasteiger partial charge in [0.25, 0.3) is 0 Å². The quantitative estimate of drug-likeness (QED) is 0.226. The van der Waals surface area contributed by atoms with Crippen LogP contribution in [0, 0.1) is 11.8 Å². The number of ether oxygens (including phenoxy) is 3. The molecule has 1 N–H and O–H groups in total. The Balaban J connectivity index is 4.61. The molecule has 164 valence electrons. The van der Waals surface area contributed by atoms with Gasteiger partial charge in [0.15, 0.2) is 0 Å². The number of hydrogen-bond acceptors (Lipinski definition) is 7. The summed E-state index contributed by atoms with van der Waals surface area (Å²) in [7, 11) is 0. The van der Waals surface area contributed by atoms with Crippen LogP contribution in [0.1, 0.15) is 78.6 Å². The SMILES string of the molecule is CCCCCCOC(=O)CC(C(=O)OCCO)C(C)C(=O)OCCCCCC. The molecule has 0 amide bonds. The van der Waals surface area contributed by atoms with Crippen LogP contribution in [0.3, 0.4) is 0 Å². The second-order valence-corrected chi connectivity index (χ2v) is 7.00. The fraction of sp³-hybridized carbons (Fsp3) is 0.857. The number of hydrogen-bond donors (Lipinski definition) is 1. The van der Waals surface area contributed by atoms with Gasteiger partial charge < -0.3 is 19.3 Å². The van der Waals surface area contributed by atoms with E-state index in [0.29, 0.717) is 13.2 Å². The first-order chi connectivity index (χ1) is 13.5. The van der Waals surface area contributed by atoms with Gasteiger partial charge in [-0.2, -0.15) is 0 Å². The van der Waals surface area contributed by atoms with Gasteiger partial charge in [0.05, 0.1) is 38.1 Å². The molecule has 7 nitrogen and oxygen atoms in total. The maximum atomic E-state index is 12.3. The highest BCUT2D eigenvalue weighted by molar-refractivity contribution is 5.85. The Kier molecular flexibility index (Phi) is 16.5. The lowest BCUT2D eigenvalue weighted by atomic mass is 9.91. The van der Waals surface area contributed by atoms with Gasteiger partial charge >= 0.3 is 17.9 Å². The maximum absolute atomic E-state index is 12.3. The van der Waals surface area contributed by atoms with Crippen LogP contribution in [0.25, 0.3) is 0 Å². The molecular weight excluding hydrogens is 364 g/mol. The number of esters is 3. The first-order valence-corrected chi connectivity index (χ1v) is 10.6. The maximum Gasteiger partial charge on any atom is 0.310 e. The number of aliphatic hydroxyl groups is 1. The molecule has 0 rings (SSSR count). The molecule has 0 aliphatic rings. The fourth-order valence-electron chi connectivity index (χ4n) is 2.67. The van der Waals surface area contributed by atoms with Crippen LogP contribution in [-0.4, -0.2) is 49.4 Å². The van der Waals surface area contributed by atoms with Gasteiger partial charge in [0, 0.05) is 0 Å². The predicted octanol–water partition coefficient (Wildman–Crippen LogP) is 3.41. The number of unbranched alkanes of at least 4 members (excludes halogenated alkanes) is 6. The Hall–Kier alpha value is -1.63. The third kappa shape index (κ3) is 12.7. The van der Waals surface area contributed by atoms with E-state index >= 15 is 0 Å². The molecule has 7 heteroatoms. The smallest absolute Gasteiger partial charge is 0.310 e. The van der Waals surface area contributed by atoms with Crippen molar-refractivity contribution in [3.05, 3.63) is 0 Å². The number of rotatable bonds is 17. The summed E-state index contributed by atoms with van der Waals surface area (Å²) in [6, 6.07) is 0. The molecule has 0 aromatic heterocycles. The van der Waals surface area contributed by atoms with E-state index in [1.165, 1.54) is 0 Å². The molecule has 0 aliphatic heterocycles. The summed E-state index contributed by atoms with van der Waals surface area (Å²) in [4.78, 5) is 36.6. The molecule has 0 spiro atoms. The lowest BCUT2D eigenvalue weighted by molar-refractivity contribution is -0.164. The molecular formula is C21H38O7. The Morgan fingerprint density at radius 3 is 1.82 bits per heavy atom. The van der Waals surface area contributed by atoms with E-state index in [9.17, 15) is 14.4 Å². The molecule has 2 unspecified atom stereocenters. The Morgan fingerprint density at radius 1 is 0.750 bits per heavy atom. The average molecular weight is 403 g/mol. The van der Waals surface area contributed by atoms with Crippen molar-refractivity contribution in [2.75, 3.05) is 26.4 Å². The van der Waals surface area contributed by atoms with Crippen molar-refractivity contribution in [1.29, 1.82) is 0 Å². The normalized spacial score (nSPS) is 12.9. The zero-order valence-electron chi connectivity index (χ0n) is 17.7.